The molecule has 5 atom stereocenters. The van der Waals surface area contributed by atoms with Gasteiger partial charge in [-0.3, -0.25) is 14.4 Å². The second kappa shape index (κ2) is 11.7. The fourth-order valence-electron chi connectivity index (χ4n) is 8.79. The van der Waals surface area contributed by atoms with Gasteiger partial charge in [0.05, 0.1) is 24.4 Å². The second-order valence-corrected chi connectivity index (χ2v) is 13.8. The Morgan fingerprint density at radius 1 is 0.955 bits per heavy atom. The fraction of sp³-hybridized carbons (Fsp3) is 0.541. The number of ether oxygens (including phenoxy) is 2. The van der Waals surface area contributed by atoms with Crippen LogP contribution in [0, 0.1) is 35.0 Å². The van der Waals surface area contributed by atoms with Crippen LogP contribution in [-0.4, -0.2) is 42.5 Å². The molecule has 4 rings (SSSR count). The van der Waals surface area contributed by atoms with E-state index in [0.717, 1.165) is 22.3 Å². The third-order valence-electron chi connectivity index (χ3n) is 10.8. The quantitative estimate of drug-likeness (QED) is 0.147. The van der Waals surface area contributed by atoms with Crippen LogP contribution < -0.4 is 0 Å². The third-order valence-corrected chi connectivity index (χ3v) is 10.8. The molecule has 0 N–H and O–H groups in total. The summed E-state index contributed by atoms with van der Waals surface area (Å²) in [5.74, 6) is -2.17. The van der Waals surface area contributed by atoms with Crippen LogP contribution in [0.15, 0.2) is 40.5 Å². The Morgan fingerprint density at radius 2 is 1.57 bits per heavy atom. The highest BCUT2D eigenvalue weighted by atomic mass is 16.5. The number of aryl methyl sites for hydroxylation is 1. The van der Waals surface area contributed by atoms with Gasteiger partial charge in [0, 0.05) is 22.5 Å². The van der Waals surface area contributed by atoms with Crippen LogP contribution >= 0.6 is 0 Å². The Labute approximate surface area is 261 Å². The van der Waals surface area contributed by atoms with Gasteiger partial charge < -0.3 is 9.47 Å². The van der Waals surface area contributed by atoms with Crippen LogP contribution in [0.5, 0.6) is 0 Å². The average molecular weight is 603 g/mol. The summed E-state index contributed by atoms with van der Waals surface area (Å²) in [5, 5.41) is 0. The summed E-state index contributed by atoms with van der Waals surface area (Å²) >= 11 is 0. The van der Waals surface area contributed by atoms with Crippen molar-refractivity contribution >= 4 is 35.4 Å². The van der Waals surface area contributed by atoms with Gasteiger partial charge in [0.1, 0.15) is 0 Å². The van der Waals surface area contributed by atoms with E-state index in [4.69, 9.17) is 9.47 Å². The number of benzene rings is 1. The Bertz CT molecular complexity index is 1560. The number of ketones is 3. The lowest BCUT2D eigenvalue weighted by atomic mass is 9.37. The summed E-state index contributed by atoms with van der Waals surface area (Å²) in [6, 6.07) is 3.78. The van der Waals surface area contributed by atoms with Crippen LogP contribution in [-0.2, 0) is 35.1 Å². The molecule has 1 aromatic carbocycles. The van der Waals surface area contributed by atoms with Crippen LogP contribution in [0.1, 0.15) is 102 Å². The lowest BCUT2D eigenvalue weighted by Gasteiger charge is -2.64. The minimum Gasteiger partial charge on any atom is -0.463 e. The maximum absolute atomic E-state index is 14.6. The lowest BCUT2D eigenvalue weighted by molar-refractivity contribution is -0.159. The van der Waals surface area contributed by atoms with Gasteiger partial charge in [-0.25, -0.2) is 9.59 Å². The van der Waals surface area contributed by atoms with Gasteiger partial charge in [0.2, 0.25) is 0 Å². The standard InChI is InChI=1S/C37H46O7/c1-11-43-33(41)21(4)15-26(34(42)44-12-2)16-25-14-13-20(3)29-27(25)18-35(8)19-36(9)17-22(5)28(24(7)38)32(40)37(36,10)23(6)30(35)31(29)39/h13-16,23,30H,11-12,17-19H2,1-10H3. The zero-order valence-electron chi connectivity index (χ0n) is 27.9. The Morgan fingerprint density at radius 3 is 2.16 bits per heavy atom. The van der Waals surface area contributed by atoms with Crippen molar-refractivity contribution in [2.45, 2.75) is 88.5 Å². The summed E-state index contributed by atoms with van der Waals surface area (Å²) in [7, 11) is 0. The number of hydrogen-bond acceptors (Lipinski definition) is 7. The number of rotatable bonds is 7. The number of Topliss-reactive ketones (excluding diaryl/α,β-unsaturated/α-hetero) is 3. The zero-order valence-corrected chi connectivity index (χ0v) is 27.9. The number of carbonyl (C=O) groups excluding carboxylic acids is 5. The summed E-state index contributed by atoms with van der Waals surface area (Å²) in [6.07, 6.45) is 5.00. The molecular formula is C37H46O7. The van der Waals surface area contributed by atoms with Crippen molar-refractivity contribution in [3.8, 4) is 0 Å². The van der Waals surface area contributed by atoms with Gasteiger partial charge in [0.15, 0.2) is 17.3 Å². The zero-order chi connectivity index (χ0) is 32.9. The van der Waals surface area contributed by atoms with E-state index in [1.165, 1.54) is 13.0 Å². The lowest BCUT2D eigenvalue weighted by Crippen LogP contribution is -2.64. The third kappa shape index (κ3) is 5.12. The van der Waals surface area contributed by atoms with Crippen LogP contribution in [0.4, 0.5) is 0 Å². The Balaban J connectivity index is 1.89. The summed E-state index contributed by atoms with van der Waals surface area (Å²) in [5.41, 5.74) is 2.81. The predicted molar refractivity (Wildman–Crippen MR) is 169 cm³/mol. The van der Waals surface area contributed by atoms with E-state index in [1.807, 2.05) is 39.8 Å². The van der Waals surface area contributed by atoms with E-state index in [2.05, 4.69) is 13.8 Å². The molecule has 0 spiro atoms. The molecule has 3 aliphatic carbocycles. The molecule has 1 saturated carbocycles. The summed E-state index contributed by atoms with van der Waals surface area (Å²) in [4.78, 5) is 66.8. The normalized spacial score (nSPS) is 30.3. The van der Waals surface area contributed by atoms with Crippen molar-refractivity contribution in [3.05, 3.63) is 62.8 Å². The molecule has 7 heteroatoms. The highest BCUT2D eigenvalue weighted by Gasteiger charge is 2.67. The molecule has 1 aromatic rings. The molecule has 0 aromatic heterocycles. The number of hydrogen-bond donors (Lipinski definition) is 0. The van der Waals surface area contributed by atoms with Crippen molar-refractivity contribution in [1.29, 1.82) is 0 Å². The van der Waals surface area contributed by atoms with Crippen LogP contribution in [0.3, 0.4) is 0 Å². The Hall–Kier alpha value is -3.61. The first-order valence-corrected chi connectivity index (χ1v) is 15.6. The van der Waals surface area contributed by atoms with Crippen molar-refractivity contribution in [3.63, 3.8) is 0 Å². The van der Waals surface area contributed by atoms with Gasteiger partial charge in [-0.15, -0.1) is 0 Å². The largest absolute Gasteiger partial charge is 0.463 e. The first-order chi connectivity index (χ1) is 20.5. The number of fused-ring (bicyclic) bond motifs is 3. The smallest absolute Gasteiger partial charge is 0.338 e. The van der Waals surface area contributed by atoms with E-state index < -0.39 is 34.1 Å². The molecule has 1 fully saturated rings. The van der Waals surface area contributed by atoms with Crippen molar-refractivity contribution in [1.82, 2.24) is 0 Å². The number of esters is 2. The molecular weight excluding hydrogens is 556 g/mol. The molecule has 0 radical (unpaired) electrons. The number of allylic oxidation sites excluding steroid dienone is 2. The van der Waals surface area contributed by atoms with Crippen LogP contribution in [0.2, 0.25) is 0 Å². The highest BCUT2D eigenvalue weighted by molar-refractivity contribution is 6.23. The van der Waals surface area contributed by atoms with E-state index in [9.17, 15) is 24.0 Å². The predicted octanol–water partition coefficient (Wildman–Crippen LogP) is 6.74. The molecule has 0 aliphatic heterocycles. The minimum atomic E-state index is -0.872. The highest BCUT2D eigenvalue weighted by Crippen LogP contribution is 2.68. The van der Waals surface area contributed by atoms with Crippen LogP contribution in [0.25, 0.3) is 6.08 Å². The van der Waals surface area contributed by atoms with Crippen molar-refractivity contribution in [2.24, 2.45) is 28.1 Å². The van der Waals surface area contributed by atoms with Gasteiger partial charge in [-0.05, 0) is 106 Å². The molecule has 44 heavy (non-hydrogen) atoms. The SMILES string of the molecule is CCOC(=O)C(C)=CC(=Cc1ccc(C)c2c1CC1(C)CC3(C)CC(C)=C(C(C)=O)C(=O)C3(C)C(C)C1C2=O)C(=O)OCC. The van der Waals surface area contributed by atoms with Gasteiger partial charge in [-0.2, -0.15) is 0 Å². The van der Waals surface area contributed by atoms with Crippen molar-refractivity contribution < 1.29 is 33.4 Å². The Kier molecular flexibility index (Phi) is 8.86. The fourth-order valence-corrected chi connectivity index (χ4v) is 8.79. The first kappa shape index (κ1) is 33.3. The van der Waals surface area contributed by atoms with E-state index >= 15 is 0 Å². The van der Waals surface area contributed by atoms with E-state index in [-0.39, 0.29) is 47.6 Å². The molecule has 0 bridgehead atoms. The first-order valence-electron chi connectivity index (χ1n) is 15.6. The molecule has 0 heterocycles. The molecule has 0 saturated heterocycles. The second-order valence-electron chi connectivity index (χ2n) is 13.8. The summed E-state index contributed by atoms with van der Waals surface area (Å²) < 4.78 is 10.4. The molecule has 236 valence electrons. The molecule has 3 aliphatic rings. The minimum absolute atomic E-state index is 0.00310. The topological polar surface area (TPSA) is 104 Å². The maximum Gasteiger partial charge on any atom is 0.338 e. The van der Waals surface area contributed by atoms with Crippen molar-refractivity contribution in [2.75, 3.05) is 13.2 Å². The molecule has 5 unspecified atom stereocenters. The van der Waals surface area contributed by atoms with Gasteiger partial charge >= 0.3 is 11.9 Å². The average Bonchev–Trinajstić information content (AvgIpc) is 2.91. The van der Waals surface area contributed by atoms with E-state index in [0.29, 0.717) is 30.4 Å². The summed E-state index contributed by atoms with van der Waals surface area (Å²) in [6.45, 7) is 18.9. The number of carbonyl (C=O) groups is 5. The molecule has 7 nitrogen and oxygen atoms in total. The van der Waals surface area contributed by atoms with E-state index in [1.54, 1.807) is 26.8 Å². The van der Waals surface area contributed by atoms with Gasteiger partial charge in [0.25, 0.3) is 0 Å². The molecule has 0 amide bonds. The maximum atomic E-state index is 14.6. The monoisotopic (exact) mass is 602 g/mol. The van der Waals surface area contributed by atoms with Gasteiger partial charge in [-0.1, -0.05) is 45.4 Å².